The lowest BCUT2D eigenvalue weighted by Gasteiger charge is -2.19. The number of carbonyl (C=O) groups excluding carboxylic acids is 1. The Morgan fingerprint density at radius 1 is 1.19 bits per heavy atom. The summed E-state index contributed by atoms with van der Waals surface area (Å²) in [6, 6.07) is 12.6. The highest BCUT2D eigenvalue weighted by Gasteiger charge is 2.14. The van der Waals surface area contributed by atoms with Crippen LogP contribution in [0.15, 0.2) is 48.7 Å². The first-order chi connectivity index (χ1) is 12.6. The van der Waals surface area contributed by atoms with Gasteiger partial charge in [-0.15, -0.1) is 0 Å². The predicted molar refractivity (Wildman–Crippen MR) is 97.0 cm³/mol. The topological polar surface area (TPSA) is 101 Å². The normalized spacial score (nSPS) is 11.4. The zero-order valence-corrected chi connectivity index (χ0v) is 14.6. The van der Waals surface area contributed by atoms with Crippen molar-refractivity contribution in [3.05, 3.63) is 59.8 Å². The van der Waals surface area contributed by atoms with Gasteiger partial charge in [0.15, 0.2) is 0 Å². The molecule has 0 fully saturated rings. The zero-order valence-electron chi connectivity index (χ0n) is 14.6. The van der Waals surface area contributed by atoms with Crippen molar-refractivity contribution in [2.45, 2.75) is 31.8 Å². The van der Waals surface area contributed by atoms with Crippen LogP contribution in [0.5, 0.6) is 5.88 Å². The summed E-state index contributed by atoms with van der Waals surface area (Å²) in [5.74, 6) is -0.401. The molecule has 0 saturated heterocycles. The minimum absolute atomic E-state index is 0.000661. The van der Waals surface area contributed by atoms with E-state index in [9.17, 15) is 9.59 Å². The van der Waals surface area contributed by atoms with Crippen LogP contribution in [-0.2, 0) is 17.8 Å². The van der Waals surface area contributed by atoms with Gasteiger partial charge in [-0.2, -0.15) is 0 Å². The van der Waals surface area contributed by atoms with E-state index in [-0.39, 0.29) is 18.5 Å². The highest BCUT2D eigenvalue weighted by Crippen LogP contribution is 2.09. The number of nitrogens with one attached hydrogen (secondary N) is 2. The van der Waals surface area contributed by atoms with Crippen LogP contribution in [0.4, 0.5) is 4.79 Å². The van der Waals surface area contributed by atoms with Gasteiger partial charge in [0.25, 0.3) is 0 Å². The number of ether oxygens (including phenoxy) is 1. The number of amides is 2. The summed E-state index contributed by atoms with van der Waals surface area (Å²) in [6.45, 7) is 0.321. The van der Waals surface area contributed by atoms with E-state index in [1.165, 1.54) is 7.11 Å². The number of hydrogen-bond acceptors (Lipinski definition) is 4. The Hall–Kier alpha value is -3.09. The highest BCUT2D eigenvalue weighted by molar-refractivity contribution is 5.74. The number of rotatable bonds is 9. The average Bonchev–Trinajstić information content (AvgIpc) is 2.65. The number of benzene rings is 1. The van der Waals surface area contributed by atoms with Gasteiger partial charge in [-0.3, -0.25) is 4.79 Å². The lowest BCUT2D eigenvalue weighted by atomic mass is 10.0. The summed E-state index contributed by atoms with van der Waals surface area (Å²) in [6.07, 6.45) is 2.55. The van der Waals surface area contributed by atoms with Gasteiger partial charge < -0.3 is 20.5 Å². The van der Waals surface area contributed by atoms with Crippen molar-refractivity contribution in [3.8, 4) is 5.88 Å². The quantitative estimate of drug-likeness (QED) is 0.640. The molecule has 0 aliphatic heterocycles. The monoisotopic (exact) mass is 357 g/mol. The second kappa shape index (κ2) is 10.0. The molecule has 7 nitrogen and oxygen atoms in total. The van der Waals surface area contributed by atoms with Crippen molar-refractivity contribution in [2.75, 3.05) is 7.11 Å². The maximum atomic E-state index is 12.2. The van der Waals surface area contributed by atoms with E-state index < -0.39 is 5.97 Å². The summed E-state index contributed by atoms with van der Waals surface area (Å²) in [4.78, 5) is 27.1. The van der Waals surface area contributed by atoms with E-state index >= 15 is 0 Å². The molecule has 2 aromatic rings. The summed E-state index contributed by atoms with van der Waals surface area (Å²) in [5, 5.41) is 14.6. The SMILES string of the molecule is COc1cc(CNC(=O)NC(CCC(=O)O)Cc2ccccc2)ccn1. The van der Waals surface area contributed by atoms with Crippen LogP contribution in [0.2, 0.25) is 0 Å². The Labute approximate surface area is 152 Å². The van der Waals surface area contributed by atoms with Crippen molar-refractivity contribution in [2.24, 2.45) is 0 Å². The van der Waals surface area contributed by atoms with Crippen LogP contribution in [0.1, 0.15) is 24.0 Å². The number of hydrogen-bond donors (Lipinski definition) is 3. The first kappa shape index (κ1) is 19.2. The molecule has 1 atom stereocenters. The molecule has 3 N–H and O–H groups in total. The largest absolute Gasteiger partial charge is 0.481 e. The zero-order chi connectivity index (χ0) is 18.8. The summed E-state index contributed by atoms with van der Waals surface area (Å²) >= 11 is 0. The fourth-order valence-corrected chi connectivity index (χ4v) is 2.51. The number of methoxy groups -OCH3 is 1. The molecule has 0 bridgehead atoms. The molecule has 26 heavy (non-hydrogen) atoms. The molecule has 138 valence electrons. The van der Waals surface area contributed by atoms with Gasteiger partial charge in [0.2, 0.25) is 5.88 Å². The number of aromatic nitrogens is 1. The maximum Gasteiger partial charge on any atom is 0.315 e. The van der Waals surface area contributed by atoms with Gasteiger partial charge in [0.1, 0.15) is 0 Å². The third-order valence-corrected chi connectivity index (χ3v) is 3.83. The molecule has 1 heterocycles. The van der Waals surface area contributed by atoms with Crippen LogP contribution in [0.25, 0.3) is 0 Å². The molecule has 0 aliphatic carbocycles. The molecule has 7 heteroatoms. The summed E-state index contributed by atoms with van der Waals surface area (Å²) in [5.41, 5.74) is 1.90. The third kappa shape index (κ3) is 6.80. The van der Waals surface area contributed by atoms with Crippen LogP contribution in [-0.4, -0.2) is 35.2 Å². The Balaban J connectivity index is 1.90. The van der Waals surface area contributed by atoms with Gasteiger partial charge in [0.05, 0.1) is 7.11 Å². The number of carbonyl (C=O) groups is 2. The molecule has 0 spiro atoms. The molecule has 0 radical (unpaired) electrons. The van der Waals surface area contributed by atoms with E-state index in [0.717, 1.165) is 11.1 Å². The standard InChI is InChI=1S/C19H23N3O4/c1-26-17-12-15(9-10-20-17)13-21-19(25)22-16(7-8-18(23)24)11-14-5-3-2-4-6-14/h2-6,9-10,12,16H,7-8,11,13H2,1H3,(H,23,24)(H2,21,22,25). The van der Waals surface area contributed by atoms with Crippen molar-refractivity contribution in [3.63, 3.8) is 0 Å². The lowest BCUT2D eigenvalue weighted by molar-refractivity contribution is -0.137. The Morgan fingerprint density at radius 3 is 2.65 bits per heavy atom. The highest BCUT2D eigenvalue weighted by atomic mass is 16.5. The maximum absolute atomic E-state index is 12.2. The van der Waals surface area contributed by atoms with Crippen LogP contribution >= 0.6 is 0 Å². The van der Waals surface area contributed by atoms with Crippen molar-refractivity contribution in [1.29, 1.82) is 0 Å². The minimum Gasteiger partial charge on any atom is -0.481 e. The average molecular weight is 357 g/mol. The molecule has 0 aliphatic rings. The van der Waals surface area contributed by atoms with Crippen molar-refractivity contribution in [1.82, 2.24) is 15.6 Å². The molecule has 1 unspecified atom stereocenters. The number of carboxylic acids is 1. The minimum atomic E-state index is -0.880. The molecule has 1 aromatic carbocycles. The molecule has 0 saturated carbocycles. The molecule has 2 amide bonds. The molecular weight excluding hydrogens is 334 g/mol. The summed E-state index contributed by atoms with van der Waals surface area (Å²) in [7, 11) is 1.53. The first-order valence-corrected chi connectivity index (χ1v) is 8.36. The lowest BCUT2D eigenvalue weighted by Crippen LogP contribution is -2.43. The second-order valence-corrected chi connectivity index (χ2v) is 5.85. The van der Waals surface area contributed by atoms with Gasteiger partial charge in [-0.1, -0.05) is 30.3 Å². The number of urea groups is 1. The van der Waals surface area contributed by atoms with Crippen LogP contribution in [0.3, 0.4) is 0 Å². The number of nitrogens with zero attached hydrogens (tertiary/aromatic N) is 1. The Morgan fingerprint density at radius 2 is 1.96 bits per heavy atom. The van der Waals surface area contributed by atoms with Crippen molar-refractivity contribution >= 4 is 12.0 Å². The third-order valence-electron chi connectivity index (χ3n) is 3.83. The van der Waals surface area contributed by atoms with Crippen LogP contribution < -0.4 is 15.4 Å². The predicted octanol–water partition coefficient (Wildman–Crippen LogP) is 2.37. The summed E-state index contributed by atoms with van der Waals surface area (Å²) < 4.78 is 5.05. The molecular formula is C19H23N3O4. The van der Waals surface area contributed by atoms with Crippen molar-refractivity contribution < 1.29 is 19.4 Å². The fraction of sp³-hybridized carbons (Fsp3) is 0.316. The Bertz CT molecular complexity index is 722. The van der Waals surface area contributed by atoms with E-state index in [0.29, 0.717) is 25.3 Å². The number of pyridine rings is 1. The van der Waals surface area contributed by atoms with E-state index in [1.54, 1.807) is 18.3 Å². The van der Waals surface area contributed by atoms with Crippen LogP contribution in [0, 0.1) is 0 Å². The molecule has 2 rings (SSSR count). The van der Waals surface area contributed by atoms with E-state index in [4.69, 9.17) is 9.84 Å². The van der Waals surface area contributed by atoms with Gasteiger partial charge in [0, 0.05) is 31.3 Å². The van der Waals surface area contributed by atoms with Gasteiger partial charge in [-0.25, -0.2) is 9.78 Å². The molecule has 1 aromatic heterocycles. The van der Waals surface area contributed by atoms with Gasteiger partial charge >= 0.3 is 12.0 Å². The Kier molecular flexibility index (Phi) is 7.42. The second-order valence-electron chi connectivity index (χ2n) is 5.85. The van der Waals surface area contributed by atoms with E-state index in [2.05, 4.69) is 15.6 Å². The number of aliphatic carboxylic acids is 1. The smallest absolute Gasteiger partial charge is 0.315 e. The number of carboxylic acid groups (broad SMARTS) is 1. The first-order valence-electron chi connectivity index (χ1n) is 8.36. The fourth-order valence-electron chi connectivity index (χ4n) is 2.51. The van der Waals surface area contributed by atoms with E-state index in [1.807, 2.05) is 30.3 Å². The van der Waals surface area contributed by atoms with Gasteiger partial charge in [-0.05, 0) is 30.0 Å².